The second-order valence-electron chi connectivity index (χ2n) is 4.87. The maximum absolute atomic E-state index is 12.8. The van der Waals surface area contributed by atoms with Gasteiger partial charge in [0.05, 0.1) is 22.8 Å². The van der Waals surface area contributed by atoms with E-state index in [0.29, 0.717) is 10.7 Å². The number of amides is 1. The van der Waals surface area contributed by atoms with Crippen LogP contribution in [0.2, 0.25) is 5.02 Å². The molecular weight excluding hydrogens is 363 g/mol. The number of halogens is 4. The number of benzene rings is 1. The second-order valence-corrected chi connectivity index (χ2v) is 6.05. The fourth-order valence-electron chi connectivity index (χ4n) is 1.94. The maximum atomic E-state index is 12.8. The summed E-state index contributed by atoms with van der Waals surface area (Å²) in [4.78, 5) is 20.2. The predicted octanol–water partition coefficient (Wildman–Crippen LogP) is 4.36. The molecule has 0 radical (unpaired) electrons. The molecule has 1 N–H and O–H groups in total. The van der Waals surface area contributed by atoms with Crippen molar-refractivity contribution in [1.82, 2.24) is 15.3 Å². The summed E-state index contributed by atoms with van der Waals surface area (Å²) in [6, 6.07) is 4.13. The highest BCUT2D eigenvalue weighted by Gasteiger charge is 2.30. The summed E-state index contributed by atoms with van der Waals surface area (Å²) in [7, 11) is 0. The quantitative estimate of drug-likeness (QED) is 0.637. The summed E-state index contributed by atoms with van der Waals surface area (Å²) >= 11 is 7.16. The Hall–Kier alpha value is -1.80. The summed E-state index contributed by atoms with van der Waals surface area (Å²) in [5, 5.41) is 3.04. The van der Waals surface area contributed by atoms with Gasteiger partial charge < -0.3 is 5.32 Å². The first-order chi connectivity index (χ1) is 11.2. The van der Waals surface area contributed by atoms with Gasteiger partial charge in [-0.05, 0) is 30.9 Å². The number of carbonyl (C=O) groups excluding carboxylic acids is 1. The molecule has 2 aromatic rings. The normalized spacial score (nSPS) is 12.8. The van der Waals surface area contributed by atoms with Crippen LogP contribution in [-0.4, -0.2) is 22.1 Å². The van der Waals surface area contributed by atoms with Gasteiger partial charge in [-0.3, -0.25) is 4.79 Å². The van der Waals surface area contributed by atoms with Crippen LogP contribution >= 0.6 is 23.4 Å². The van der Waals surface area contributed by atoms with Crippen molar-refractivity contribution in [3.63, 3.8) is 0 Å². The number of rotatable bonds is 4. The molecule has 1 atom stereocenters. The second kappa shape index (κ2) is 7.40. The smallest absolute Gasteiger partial charge is 0.344 e. The number of alkyl halides is 3. The van der Waals surface area contributed by atoms with Gasteiger partial charge in [-0.15, -0.1) is 0 Å². The number of thioether (sulfide) groups is 1. The molecule has 0 fully saturated rings. The average Bonchev–Trinajstić information content (AvgIpc) is 2.54. The van der Waals surface area contributed by atoms with Crippen LogP contribution in [-0.2, 0) is 6.18 Å². The molecule has 1 aromatic carbocycles. The van der Waals surface area contributed by atoms with Crippen molar-refractivity contribution >= 4 is 29.3 Å². The van der Waals surface area contributed by atoms with E-state index in [-0.39, 0.29) is 10.7 Å². The minimum atomic E-state index is -4.44. The molecule has 9 heteroatoms. The van der Waals surface area contributed by atoms with Gasteiger partial charge in [0.1, 0.15) is 0 Å². The summed E-state index contributed by atoms with van der Waals surface area (Å²) in [5.74, 6) is -0.581. The zero-order valence-corrected chi connectivity index (χ0v) is 14.3. The minimum Gasteiger partial charge on any atom is -0.344 e. The first kappa shape index (κ1) is 18.5. The zero-order valence-electron chi connectivity index (χ0n) is 12.7. The Kier molecular flexibility index (Phi) is 5.71. The maximum Gasteiger partial charge on any atom is 0.416 e. The lowest BCUT2D eigenvalue weighted by atomic mass is 10.0. The van der Waals surface area contributed by atoms with Crippen molar-refractivity contribution < 1.29 is 18.0 Å². The van der Waals surface area contributed by atoms with E-state index in [0.717, 1.165) is 12.1 Å². The fourth-order valence-corrected chi connectivity index (χ4v) is 2.46. The van der Waals surface area contributed by atoms with E-state index in [4.69, 9.17) is 11.6 Å². The van der Waals surface area contributed by atoms with Crippen LogP contribution in [0.3, 0.4) is 0 Å². The standard InChI is InChI=1S/C15H13ClF3N3OS/c1-8(9-4-3-5-10(6-9)15(17,18)19)21-13(23)12-11(16)7-20-14(22-12)24-2/h3-8H,1-2H3,(H,21,23). The molecule has 0 spiro atoms. The first-order valence-electron chi connectivity index (χ1n) is 6.77. The van der Waals surface area contributed by atoms with Crippen LogP contribution in [0.25, 0.3) is 0 Å². The van der Waals surface area contributed by atoms with Crippen molar-refractivity contribution in [3.05, 3.63) is 52.3 Å². The Morgan fingerprint density at radius 1 is 1.38 bits per heavy atom. The lowest BCUT2D eigenvalue weighted by Gasteiger charge is -2.16. The van der Waals surface area contributed by atoms with Gasteiger partial charge in [0, 0.05) is 0 Å². The van der Waals surface area contributed by atoms with Crippen LogP contribution in [0.5, 0.6) is 0 Å². The van der Waals surface area contributed by atoms with Crippen LogP contribution in [0.1, 0.15) is 34.6 Å². The van der Waals surface area contributed by atoms with Crippen LogP contribution in [0.4, 0.5) is 13.2 Å². The SMILES string of the molecule is CSc1ncc(Cl)c(C(=O)NC(C)c2cccc(C(F)(F)F)c2)n1. The van der Waals surface area contributed by atoms with Gasteiger partial charge in [0.2, 0.25) is 0 Å². The highest BCUT2D eigenvalue weighted by molar-refractivity contribution is 7.98. The molecule has 0 saturated heterocycles. The Balaban J connectivity index is 2.21. The summed E-state index contributed by atoms with van der Waals surface area (Å²) in [6.07, 6.45) is -1.39. The summed E-state index contributed by atoms with van der Waals surface area (Å²) in [5.41, 5.74) is -0.464. The van der Waals surface area contributed by atoms with Gasteiger partial charge in [0.15, 0.2) is 10.9 Å². The highest BCUT2D eigenvalue weighted by Crippen LogP contribution is 2.30. The van der Waals surface area contributed by atoms with Crippen LogP contribution in [0, 0.1) is 0 Å². The van der Waals surface area contributed by atoms with Gasteiger partial charge in [0.25, 0.3) is 5.91 Å². The summed E-state index contributed by atoms with van der Waals surface area (Å²) in [6.45, 7) is 1.58. The van der Waals surface area contributed by atoms with E-state index in [9.17, 15) is 18.0 Å². The fraction of sp³-hybridized carbons (Fsp3) is 0.267. The molecule has 0 bridgehead atoms. The number of carbonyl (C=O) groups is 1. The highest BCUT2D eigenvalue weighted by atomic mass is 35.5. The van der Waals surface area contributed by atoms with E-state index in [1.54, 1.807) is 13.2 Å². The number of hydrogen-bond acceptors (Lipinski definition) is 4. The third-order valence-corrected chi connectivity index (χ3v) is 4.02. The van der Waals surface area contributed by atoms with Crippen molar-refractivity contribution in [2.24, 2.45) is 0 Å². The molecule has 1 unspecified atom stereocenters. The number of aromatic nitrogens is 2. The molecule has 4 nitrogen and oxygen atoms in total. The monoisotopic (exact) mass is 375 g/mol. The largest absolute Gasteiger partial charge is 0.416 e. The average molecular weight is 376 g/mol. The molecule has 0 aliphatic heterocycles. The van der Waals surface area contributed by atoms with E-state index >= 15 is 0 Å². The van der Waals surface area contributed by atoms with Gasteiger partial charge >= 0.3 is 6.18 Å². The van der Waals surface area contributed by atoms with Crippen molar-refractivity contribution in [2.45, 2.75) is 24.3 Å². The molecule has 0 saturated carbocycles. The molecule has 0 aliphatic carbocycles. The topological polar surface area (TPSA) is 54.9 Å². The Morgan fingerprint density at radius 2 is 2.08 bits per heavy atom. The number of nitrogens with one attached hydrogen (secondary N) is 1. The number of nitrogens with zero attached hydrogens (tertiary/aromatic N) is 2. The molecule has 0 aliphatic rings. The van der Waals surface area contributed by atoms with Crippen molar-refractivity contribution in [2.75, 3.05) is 6.26 Å². The van der Waals surface area contributed by atoms with E-state index in [1.165, 1.54) is 30.1 Å². The Morgan fingerprint density at radius 3 is 2.71 bits per heavy atom. The van der Waals surface area contributed by atoms with Crippen molar-refractivity contribution in [3.8, 4) is 0 Å². The molecule has 2 rings (SSSR count). The third-order valence-electron chi connectivity index (χ3n) is 3.18. The van der Waals surface area contributed by atoms with E-state index < -0.39 is 23.7 Å². The predicted molar refractivity (Wildman–Crippen MR) is 86.1 cm³/mol. The lowest BCUT2D eigenvalue weighted by Crippen LogP contribution is -2.28. The Labute approximate surface area is 145 Å². The van der Waals surface area contributed by atoms with Crippen LogP contribution in [0.15, 0.2) is 35.6 Å². The molecule has 1 heterocycles. The van der Waals surface area contributed by atoms with E-state index in [2.05, 4.69) is 15.3 Å². The van der Waals surface area contributed by atoms with Gasteiger partial charge in [-0.25, -0.2) is 9.97 Å². The molecule has 24 heavy (non-hydrogen) atoms. The molecule has 128 valence electrons. The number of hydrogen-bond donors (Lipinski definition) is 1. The summed E-state index contributed by atoms with van der Waals surface area (Å²) < 4.78 is 38.3. The van der Waals surface area contributed by atoms with Crippen molar-refractivity contribution in [1.29, 1.82) is 0 Å². The zero-order chi connectivity index (χ0) is 17.9. The Bertz CT molecular complexity index is 755. The third kappa shape index (κ3) is 4.39. The van der Waals surface area contributed by atoms with E-state index in [1.807, 2.05) is 0 Å². The molecular formula is C15H13ClF3N3OS. The van der Waals surface area contributed by atoms with Crippen LogP contribution < -0.4 is 5.32 Å². The molecule has 1 amide bonds. The first-order valence-corrected chi connectivity index (χ1v) is 8.37. The molecule has 1 aromatic heterocycles. The lowest BCUT2D eigenvalue weighted by molar-refractivity contribution is -0.137. The minimum absolute atomic E-state index is 0.0187. The van der Waals surface area contributed by atoms with Gasteiger partial charge in [-0.2, -0.15) is 13.2 Å². The van der Waals surface area contributed by atoms with Gasteiger partial charge in [-0.1, -0.05) is 35.5 Å².